The van der Waals surface area contributed by atoms with E-state index < -0.39 is 35.3 Å². The predicted octanol–water partition coefficient (Wildman–Crippen LogP) is 3.24. The van der Waals surface area contributed by atoms with E-state index in [9.17, 15) is 24.6 Å². The van der Waals surface area contributed by atoms with E-state index >= 15 is 0 Å². The molecule has 0 aliphatic carbocycles. The molecule has 36 heavy (non-hydrogen) atoms. The Kier molecular flexibility index (Phi) is 6.16. The van der Waals surface area contributed by atoms with E-state index in [1.165, 1.54) is 17.0 Å². The number of fused-ring (bicyclic) bond motifs is 1. The van der Waals surface area contributed by atoms with Crippen LogP contribution in [0.5, 0.6) is 5.75 Å². The summed E-state index contributed by atoms with van der Waals surface area (Å²) >= 11 is 0. The minimum absolute atomic E-state index is 0.0162. The molecular formula is C29H26N2O5. The van der Waals surface area contributed by atoms with Crippen molar-refractivity contribution in [3.8, 4) is 5.75 Å². The van der Waals surface area contributed by atoms with Gasteiger partial charge in [-0.15, -0.1) is 0 Å². The Morgan fingerprint density at radius 2 is 1.53 bits per heavy atom. The average molecular weight is 483 g/mol. The van der Waals surface area contributed by atoms with Gasteiger partial charge in [0.1, 0.15) is 11.3 Å². The summed E-state index contributed by atoms with van der Waals surface area (Å²) in [5.41, 5.74) is 0.643. The number of carbonyl (C=O) groups is 3. The summed E-state index contributed by atoms with van der Waals surface area (Å²) in [5, 5.41) is 23.3. The van der Waals surface area contributed by atoms with Crippen LogP contribution in [0.4, 0.5) is 0 Å². The van der Waals surface area contributed by atoms with E-state index in [1.54, 1.807) is 18.2 Å². The van der Waals surface area contributed by atoms with Gasteiger partial charge in [-0.05, 0) is 28.8 Å². The molecule has 7 heteroatoms. The minimum atomic E-state index is -1.69. The van der Waals surface area contributed by atoms with Gasteiger partial charge in [0.15, 0.2) is 0 Å². The van der Waals surface area contributed by atoms with E-state index in [1.807, 2.05) is 66.7 Å². The minimum Gasteiger partial charge on any atom is -0.508 e. The van der Waals surface area contributed by atoms with Crippen LogP contribution < -0.4 is 5.32 Å². The number of rotatable bonds is 7. The van der Waals surface area contributed by atoms with Gasteiger partial charge < -0.3 is 10.2 Å². The average Bonchev–Trinajstić information content (AvgIpc) is 3.35. The van der Waals surface area contributed by atoms with Gasteiger partial charge in [-0.3, -0.25) is 24.6 Å². The van der Waals surface area contributed by atoms with Crippen LogP contribution in [0, 0.1) is 11.8 Å². The maximum Gasteiger partial charge on any atom is 0.325 e. The fourth-order valence-electron chi connectivity index (χ4n) is 5.34. The third-order valence-electron chi connectivity index (χ3n) is 7.06. The molecule has 0 bridgehead atoms. The summed E-state index contributed by atoms with van der Waals surface area (Å²) in [5.74, 6) is -3.93. The number of phenols is 1. The molecule has 2 heterocycles. The Morgan fingerprint density at radius 1 is 0.889 bits per heavy atom. The molecule has 0 aromatic heterocycles. The molecule has 4 unspecified atom stereocenters. The number of amides is 2. The van der Waals surface area contributed by atoms with Crippen LogP contribution in [0.25, 0.3) is 6.08 Å². The van der Waals surface area contributed by atoms with Crippen LogP contribution in [0.2, 0.25) is 0 Å². The second-order valence-corrected chi connectivity index (χ2v) is 9.31. The van der Waals surface area contributed by atoms with Crippen molar-refractivity contribution in [2.75, 3.05) is 0 Å². The maximum absolute atomic E-state index is 13.7. The van der Waals surface area contributed by atoms with Gasteiger partial charge in [-0.1, -0.05) is 84.9 Å². The fraction of sp³-hybridized carbons (Fsp3) is 0.207. The molecule has 2 fully saturated rings. The molecule has 3 aromatic carbocycles. The Morgan fingerprint density at radius 3 is 2.17 bits per heavy atom. The lowest BCUT2D eigenvalue weighted by atomic mass is 9.76. The highest BCUT2D eigenvalue weighted by molar-refractivity contribution is 6.09. The number of aliphatic carboxylic acids is 1. The largest absolute Gasteiger partial charge is 0.508 e. The maximum atomic E-state index is 13.7. The third kappa shape index (κ3) is 4.18. The van der Waals surface area contributed by atoms with E-state index in [2.05, 4.69) is 5.32 Å². The van der Waals surface area contributed by atoms with Crippen LogP contribution >= 0.6 is 0 Å². The zero-order valence-corrected chi connectivity index (χ0v) is 19.5. The Labute approximate surface area is 208 Å². The number of hydrogen-bond donors (Lipinski definition) is 3. The second kappa shape index (κ2) is 9.43. The molecule has 4 atom stereocenters. The highest BCUT2D eigenvalue weighted by Gasteiger charge is 2.67. The van der Waals surface area contributed by atoms with Gasteiger partial charge in [0.05, 0.1) is 18.4 Å². The Bertz CT molecular complexity index is 1310. The van der Waals surface area contributed by atoms with Crippen LogP contribution in [-0.2, 0) is 27.3 Å². The van der Waals surface area contributed by atoms with Crippen molar-refractivity contribution in [2.45, 2.75) is 24.5 Å². The molecule has 7 nitrogen and oxygen atoms in total. The number of phenolic OH excluding ortho intramolecular Hbond substituents is 1. The molecule has 2 aliphatic rings. The monoisotopic (exact) mass is 482 g/mol. The van der Waals surface area contributed by atoms with Crippen molar-refractivity contribution in [3.63, 3.8) is 0 Å². The molecule has 3 N–H and O–H groups in total. The van der Waals surface area contributed by atoms with Crippen molar-refractivity contribution < 1.29 is 24.6 Å². The molecule has 2 amide bonds. The predicted molar refractivity (Wildman–Crippen MR) is 134 cm³/mol. The lowest BCUT2D eigenvalue weighted by Gasteiger charge is -2.31. The SMILES string of the molecule is O=C1C2C(/C=C/c3ccccc3)NC(Cc3ccc(O)cc3)(C(=O)O)C2C(=O)N1Cc1ccccc1. The highest BCUT2D eigenvalue weighted by Crippen LogP contribution is 2.45. The number of carbonyl (C=O) groups excluding carboxylic acids is 2. The van der Waals surface area contributed by atoms with Gasteiger partial charge in [0.2, 0.25) is 11.8 Å². The molecule has 0 saturated carbocycles. The number of aromatic hydroxyl groups is 1. The van der Waals surface area contributed by atoms with Crippen LogP contribution in [0.3, 0.4) is 0 Å². The van der Waals surface area contributed by atoms with Gasteiger partial charge >= 0.3 is 5.97 Å². The molecular weight excluding hydrogens is 456 g/mol. The number of benzene rings is 3. The van der Waals surface area contributed by atoms with Gasteiger partial charge in [-0.25, -0.2) is 0 Å². The molecule has 2 saturated heterocycles. The number of carboxylic acid groups (broad SMARTS) is 1. The number of nitrogens with one attached hydrogen (secondary N) is 1. The first-order chi connectivity index (χ1) is 17.4. The van der Waals surface area contributed by atoms with Crippen molar-refractivity contribution in [1.82, 2.24) is 10.2 Å². The zero-order chi connectivity index (χ0) is 25.3. The number of nitrogens with zero attached hydrogens (tertiary/aromatic N) is 1. The molecule has 0 radical (unpaired) electrons. The standard InChI is InChI=1S/C29H26N2O5/c32-22-14-11-20(12-15-22)17-29(28(35)36)25-24(23(30-29)16-13-19-7-3-1-4-8-19)26(33)31(27(25)34)18-21-9-5-2-6-10-21/h1-16,23-25,30,32H,17-18H2,(H,35,36)/b16-13+. The molecule has 3 aromatic rings. The first-order valence-electron chi connectivity index (χ1n) is 11.8. The molecule has 5 rings (SSSR count). The summed E-state index contributed by atoms with van der Waals surface area (Å²) in [6.07, 6.45) is 3.61. The lowest BCUT2D eigenvalue weighted by molar-refractivity contribution is -0.151. The summed E-state index contributed by atoms with van der Waals surface area (Å²) in [6.45, 7) is 0.0928. The third-order valence-corrected chi connectivity index (χ3v) is 7.06. The summed E-state index contributed by atoms with van der Waals surface area (Å²) < 4.78 is 0. The van der Waals surface area contributed by atoms with Crippen LogP contribution in [0.15, 0.2) is 91.0 Å². The first-order valence-corrected chi connectivity index (χ1v) is 11.8. The van der Waals surface area contributed by atoms with Gasteiger partial charge in [0, 0.05) is 12.5 Å². The quantitative estimate of drug-likeness (QED) is 0.447. The fourth-order valence-corrected chi connectivity index (χ4v) is 5.34. The second-order valence-electron chi connectivity index (χ2n) is 9.31. The summed E-state index contributed by atoms with van der Waals surface area (Å²) in [7, 11) is 0. The molecule has 0 spiro atoms. The number of hydrogen-bond acceptors (Lipinski definition) is 5. The van der Waals surface area contributed by atoms with Crippen molar-refractivity contribution in [2.24, 2.45) is 11.8 Å². The zero-order valence-electron chi connectivity index (χ0n) is 19.5. The van der Waals surface area contributed by atoms with Crippen LogP contribution in [0.1, 0.15) is 16.7 Å². The number of imide groups is 1. The van der Waals surface area contributed by atoms with Crippen molar-refractivity contribution in [3.05, 3.63) is 108 Å². The van der Waals surface area contributed by atoms with Crippen molar-refractivity contribution >= 4 is 23.9 Å². The smallest absolute Gasteiger partial charge is 0.325 e. The molecule has 182 valence electrons. The molecule has 2 aliphatic heterocycles. The van der Waals surface area contributed by atoms with E-state index in [-0.39, 0.29) is 24.6 Å². The topological polar surface area (TPSA) is 107 Å². The van der Waals surface area contributed by atoms with Gasteiger partial charge in [-0.2, -0.15) is 0 Å². The summed E-state index contributed by atoms with van der Waals surface area (Å²) in [6, 6.07) is 24.3. The van der Waals surface area contributed by atoms with E-state index in [0.29, 0.717) is 5.56 Å². The Balaban J connectivity index is 1.55. The Hall–Kier alpha value is -4.23. The number of carboxylic acids is 1. The normalized spacial score (nSPS) is 25.4. The lowest BCUT2D eigenvalue weighted by Crippen LogP contribution is -2.58. The van der Waals surface area contributed by atoms with Crippen molar-refractivity contribution in [1.29, 1.82) is 0 Å². The summed E-state index contributed by atoms with van der Waals surface area (Å²) in [4.78, 5) is 41.4. The van der Waals surface area contributed by atoms with Gasteiger partial charge in [0.25, 0.3) is 0 Å². The van der Waals surface area contributed by atoms with E-state index in [0.717, 1.165) is 11.1 Å². The van der Waals surface area contributed by atoms with Crippen LogP contribution in [-0.4, -0.2) is 44.5 Å². The highest BCUT2D eigenvalue weighted by atomic mass is 16.4. The van der Waals surface area contributed by atoms with E-state index in [4.69, 9.17) is 0 Å². The number of likely N-dealkylation sites (tertiary alicyclic amines) is 1. The first kappa shape index (κ1) is 23.5.